The monoisotopic (exact) mass is 461 g/mol. The van der Waals surface area contributed by atoms with Gasteiger partial charge in [-0.1, -0.05) is 48.9 Å². The van der Waals surface area contributed by atoms with E-state index in [1.54, 1.807) is 0 Å². The molecule has 6 heteroatoms. The summed E-state index contributed by atoms with van der Waals surface area (Å²) in [6.45, 7) is 5.49. The average molecular weight is 462 g/mol. The predicted molar refractivity (Wildman–Crippen MR) is 132 cm³/mol. The Morgan fingerprint density at radius 2 is 1.76 bits per heavy atom. The summed E-state index contributed by atoms with van der Waals surface area (Å²) in [5.41, 5.74) is 1.96. The van der Waals surface area contributed by atoms with E-state index in [0.717, 1.165) is 45.6 Å². The van der Waals surface area contributed by atoms with Crippen LogP contribution in [0.3, 0.4) is 0 Å². The summed E-state index contributed by atoms with van der Waals surface area (Å²) in [4.78, 5) is 32.2. The third kappa shape index (κ3) is 5.12. The summed E-state index contributed by atoms with van der Waals surface area (Å²) in [6.07, 6.45) is 4.96. The third-order valence-corrected chi connectivity index (χ3v) is 7.52. The summed E-state index contributed by atoms with van der Waals surface area (Å²) in [5.74, 6) is 1.42. The number of para-hydroxylation sites is 1. The van der Waals surface area contributed by atoms with Gasteiger partial charge in [-0.15, -0.1) is 0 Å². The minimum Gasteiger partial charge on any atom is -0.491 e. The van der Waals surface area contributed by atoms with Crippen molar-refractivity contribution in [1.29, 1.82) is 0 Å². The predicted octanol–water partition coefficient (Wildman–Crippen LogP) is 3.81. The Hall–Kier alpha value is -2.86. The molecule has 0 spiro atoms. The quantitative estimate of drug-likeness (QED) is 0.629. The average Bonchev–Trinajstić information content (AvgIpc) is 3.39. The molecule has 3 fully saturated rings. The highest BCUT2D eigenvalue weighted by atomic mass is 16.5. The lowest BCUT2D eigenvalue weighted by Gasteiger charge is -2.31. The molecule has 2 amide bonds. The van der Waals surface area contributed by atoms with Crippen molar-refractivity contribution >= 4 is 11.8 Å². The lowest BCUT2D eigenvalue weighted by molar-refractivity contribution is -0.128. The standard InChI is InChI=1S/C28H35N3O3/c32-27-14-8-15-30(27)17-18-34-26-13-5-4-12-24(26)28(33)31-16-7-6-11-23-20-29(21-25(23)31)19-22-9-2-1-3-10-22/h1-5,9-10,12-13,23,25H,6-8,11,14-21H2/t23-,25+/m0/s1. The Kier molecular flexibility index (Phi) is 7.14. The highest BCUT2D eigenvalue weighted by Crippen LogP contribution is 2.33. The van der Waals surface area contributed by atoms with Crippen molar-refractivity contribution < 1.29 is 14.3 Å². The minimum absolute atomic E-state index is 0.0753. The van der Waals surface area contributed by atoms with Crippen molar-refractivity contribution in [2.24, 2.45) is 5.92 Å². The van der Waals surface area contributed by atoms with Gasteiger partial charge in [-0.25, -0.2) is 0 Å². The van der Waals surface area contributed by atoms with Gasteiger partial charge in [-0.05, 0) is 42.9 Å². The van der Waals surface area contributed by atoms with E-state index < -0.39 is 0 Å². The van der Waals surface area contributed by atoms with Crippen molar-refractivity contribution in [2.75, 3.05) is 39.3 Å². The van der Waals surface area contributed by atoms with Crippen LogP contribution in [0.2, 0.25) is 0 Å². The van der Waals surface area contributed by atoms with E-state index >= 15 is 0 Å². The highest BCUT2D eigenvalue weighted by molar-refractivity contribution is 5.97. The van der Waals surface area contributed by atoms with Crippen molar-refractivity contribution in [2.45, 2.75) is 44.7 Å². The number of hydrogen-bond acceptors (Lipinski definition) is 4. The number of carbonyl (C=O) groups is 2. The molecule has 3 aliphatic rings. The van der Waals surface area contributed by atoms with E-state index in [-0.39, 0.29) is 17.9 Å². The molecule has 0 aliphatic carbocycles. The summed E-state index contributed by atoms with van der Waals surface area (Å²) in [6, 6.07) is 18.4. The first kappa shape index (κ1) is 22.9. The molecule has 0 aromatic heterocycles. The Labute approximate surface area is 202 Å². The SMILES string of the molecule is O=C1CCCN1CCOc1ccccc1C(=O)N1CCCC[C@H]2CN(Cc3ccccc3)C[C@H]21. The minimum atomic E-state index is 0.0753. The smallest absolute Gasteiger partial charge is 0.257 e. The molecule has 6 nitrogen and oxygen atoms in total. The Morgan fingerprint density at radius 1 is 0.941 bits per heavy atom. The number of benzene rings is 2. The fraction of sp³-hybridized carbons (Fsp3) is 0.500. The molecular formula is C28H35N3O3. The van der Waals surface area contributed by atoms with Crippen molar-refractivity contribution in [3.05, 3.63) is 65.7 Å². The molecule has 3 heterocycles. The highest BCUT2D eigenvalue weighted by Gasteiger charge is 2.40. The van der Waals surface area contributed by atoms with Crippen LogP contribution in [0.1, 0.15) is 48.0 Å². The molecule has 3 aliphatic heterocycles. The molecule has 0 saturated carbocycles. The summed E-state index contributed by atoms with van der Waals surface area (Å²) >= 11 is 0. The summed E-state index contributed by atoms with van der Waals surface area (Å²) in [5, 5.41) is 0. The lowest BCUT2D eigenvalue weighted by Crippen LogP contribution is -2.44. The van der Waals surface area contributed by atoms with Gasteiger partial charge in [-0.2, -0.15) is 0 Å². The molecule has 2 aromatic carbocycles. The second kappa shape index (κ2) is 10.6. The van der Waals surface area contributed by atoms with Crippen LogP contribution >= 0.6 is 0 Å². The van der Waals surface area contributed by atoms with E-state index in [2.05, 4.69) is 40.1 Å². The number of carbonyl (C=O) groups excluding carboxylic acids is 2. The zero-order chi connectivity index (χ0) is 23.3. The molecule has 0 radical (unpaired) electrons. The maximum atomic E-state index is 13.8. The van der Waals surface area contributed by atoms with Gasteiger partial charge in [0.15, 0.2) is 0 Å². The van der Waals surface area contributed by atoms with Crippen LogP contribution in [0, 0.1) is 5.92 Å². The van der Waals surface area contributed by atoms with E-state index in [0.29, 0.717) is 36.8 Å². The molecule has 34 heavy (non-hydrogen) atoms. The second-order valence-electron chi connectivity index (χ2n) is 9.83. The van der Waals surface area contributed by atoms with Crippen LogP contribution in [-0.2, 0) is 11.3 Å². The molecule has 0 unspecified atom stereocenters. The van der Waals surface area contributed by atoms with Gasteiger partial charge >= 0.3 is 0 Å². The molecular weight excluding hydrogens is 426 g/mol. The second-order valence-corrected chi connectivity index (χ2v) is 9.83. The van der Waals surface area contributed by atoms with E-state index in [4.69, 9.17) is 4.74 Å². The first-order valence-electron chi connectivity index (χ1n) is 12.8. The Morgan fingerprint density at radius 3 is 2.59 bits per heavy atom. The molecule has 5 rings (SSSR count). The van der Waals surface area contributed by atoms with E-state index in [1.807, 2.05) is 29.2 Å². The largest absolute Gasteiger partial charge is 0.491 e. The third-order valence-electron chi connectivity index (χ3n) is 7.52. The first-order valence-corrected chi connectivity index (χ1v) is 12.8. The number of hydrogen-bond donors (Lipinski definition) is 0. The first-order chi connectivity index (χ1) is 16.7. The molecule has 180 valence electrons. The molecule has 3 saturated heterocycles. The Bertz CT molecular complexity index is 995. The van der Waals surface area contributed by atoms with Gasteiger partial charge in [0.05, 0.1) is 12.1 Å². The zero-order valence-corrected chi connectivity index (χ0v) is 19.9. The maximum Gasteiger partial charge on any atom is 0.257 e. The van der Waals surface area contributed by atoms with E-state index in [9.17, 15) is 9.59 Å². The Balaban J connectivity index is 1.27. The van der Waals surface area contributed by atoms with Crippen LogP contribution in [0.25, 0.3) is 0 Å². The number of fused-ring (bicyclic) bond motifs is 1. The maximum absolute atomic E-state index is 13.8. The van der Waals surface area contributed by atoms with Crippen molar-refractivity contribution in [3.63, 3.8) is 0 Å². The topological polar surface area (TPSA) is 53.1 Å². The zero-order valence-electron chi connectivity index (χ0n) is 19.9. The van der Waals surface area contributed by atoms with Gasteiger partial charge in [-0.3, -0.25) is 14.5 Å². The van der Waals surface area contributed by atoms with Gasteiger partial charge in [0.1, 0.15) is 12.4 Å². The summed E-state index contributed by atoms with van der Waals surface area (Å²) < 4.78 is 6.05. The fourth-order valence-corrected chi connectivity index (χ4v) is 5.79. The summed E-state index contributed by atoms with van der Waals surface area (Å²) in [7, 11) is 0. The number of amides is 2. The van der Waals surface area contributed by atoms with Crippen LogP contribution in [0.15, 0.2) is 54.6 Å². The molecule has 0 bridgehead atoms. The van der Waals surface area contributed by atoms with Crippen molar-refractivity contribution in [1.82, 2.24) is 14.7 Å². The van der Waals surface area contributed by atoms with Crippen LogP contribution < -0.4 is 4.74 Å². The van der Waals surface area contributed by atoms with Crippen molar-refractivity contribution in [3.8, 4) is 5.75 Å². The van der Waals surface area contributed by atoms with Crippen LogP contribution in [-0.4, -0.2) is 71.9 Å². The van der Waals surface area contributed by atoms with Gasteiger partial charge in [0.2, 0.25) is 5.91 Å². The number of ether oxygens (including phenoxy) is 1. The van der Waals surface area contributed by atoms with Crippen LogP contribution in [0.4, 0.5) is 0 Å². The lowest BCUT2D eigenvalue weighted by atomic mass is 9.98. The molecule has 2 aromatic rings. The number of rotatable bonds is 7. The molecule has 0 N–H and O–H groups in total. The normalized spacial score (nSPS) is 23.1. The molecule has 2 atom stereocenters. The number of likely N-dealkylation sites (tertiary alicyclic amines) is 3. The van der Waals surface area contributed by atoms with Crippen LogP contribution in [0.5, 0.6) is 5.75 Å². The number of nitrogens with zero attached hydrogens (tertiary/aromatic N) is 3. The van der Waals surface area contributed by atoms with E-state index in [1.165, 1.54) is 18.4 Å². The van der Waals surface area contributed by atoms with Gasteiger partial charge < -0.3 is 14.5 Å². The fourth-order valence-electron chi connectivity index (χ4n) is 5.79. The van der Waals surface area contributed by atoms with Gasteiger partial charge in [0, 0.05) is 45.2 Å². The van der Waals surface area contributed by atoms with Gasteiger partial charge in [0.25, 0.3) is 5.91 Å².